The Morgan fingerprint density at radius 3 is 1.93 bits per heavy atom. The quantitative estimate of drug-likeness (QED) is 0.656. The van der Waals surface area contributed by atoms with Crippen molar-refractivity contribution in [3.8, 4) is 11.5 Å². The lowest BCUT2D eigenvalue weighted by Crippen LogP contribution is -2.17. The van der Waals surface area contributed by atoms with E-state index in [0.29, 0.717) is 0 Å². The van der Waals surface area contributed by atoms with Gasteiger partial charge in [-0.2, -0.15) is 0 Å². The average molecular weight is 455 g/mol. The minimum Gasteiger partial charge on any atom is -0.493 e. The van der Waals surface area contributed by atoms with Crippen LogP contribution in [-0.4, -0.2) is 35.7 Å². The van der Waals surface area contributed by atoms with E-state index in [1.807, 2.05) is 0 Å². The summed E-state index contributed by atoms with van der Waals surface area (Å²) in [6.45, 7) is 0. The molecule has 0 aliphatic heterocycles. The highest BCUT2D eigenvalue weighted by atomic mass is 35.5. The van der Waals surface area contributed by atoms with Gasteiger partial charge in [-0.1, -0.05) is 34.8 Å². The van der Waals surface area contributed by atoms with Crippen molar-refractivity contribution in [1.82, 2.24) is 0 Å². The average Bonchev–Trinajstić information content (AvgIpc) is 2.58. The van der Waals surface area contributed by atoms with E-state index in [2.05, 4.69) is 4.72 Å². The van der Waals surface area contributed by atoms with Gasteiger partial charge in [-0.25, -0.2) is 13.2 Å². The predicted molar refractivity (Wildman–Crippen MR) is 103 cm³/mol. The fourth-order valence-corrected chi connectivity index (χ4v) is 4.84. The second-order valence-corrected chi connectivity index (χ2v) is 7.92. The Balaban J connectivity index is 2.63. The Morgan fingerprint density at radius 1 is 0.926 bits per heavy atom. The molecule has 27 heavy (non-hydrogen) atoms. The summed E-state index contributed by atoms with van der Waals surface area (Å²) in [7, 11) is -0.387. The van der Waals surface area contributed by atoms with Crippen LogP contribution in [0.2, 0.25) is 15.1 Å². The van der Waals surface area contributed by atoms with Crippen LogP contribution in [0.1, 0.15) is 10.4 Å². The van der Waals surface area contributed by atoms with E-state index in [-0.39, 0.29) is 42.7 Å². The number of esters is 1. The summed E-state index contributed by atoms with van der Waals surface area (Å²) in [4.78, 5) is 11.7. The van der Waals surface area contributed by atoms with Gasteiger partial charge in [0.25, 0.3) is 10.0 Å². The lowest BCUT2D eigenvalue weighted by Gasteiger charge is -2.16. The molecule has 0 radical (unpaired) electrons. The zero-order valence-electron chi connectivity index (χ0n) is 14.3. The lowest BCUT2D eigenvalue weighted by molar-refractivity contribution is 0.0601. The van der Waals surface area contributed by atoms with Crippen LogP contribution in [0, 0.1) is 0 Å². The molecule has 0 unspecified atom stereocenters. The fraction of sp³-hybridized carbons (Fsp3) is 0.188. The molecule has 0 aromatic heterocycles. The zero-order valence-corrected chi connectivity index (χ0v) is 17.4. The van der Waals surface area contributed by atoms with Crippen LogP contribution in [0.25, 0.3) is 0 Å². The maximum absolute atomic E-state index is 12.8. The number of ether oxygens (including phenoxy) is 3. The summed E-state index contributed by atoms with van der Waals surface area (Å²) in [6, 6.07) is 5.03. The number of carbonyl (C=O) groups is 1. The molecule has 0 bridgehead atoms. The van der Waals surface area contributed by atoms with Gasteiger partial charge in [-0.3, -0.25) is 4.72 Å². The number of benzene rings is 2. The first-order chi connectivity index (χ1) is 12.6. The van der Waals surface area contributed by atoms with Gasteiger partial charge in [0, 0.05) is 17.2 Å². The number of hydrogen-bond donors (Lipinski definition) is 1. The second kappa shape index (κ2) is 8.43. The lowest BCUT2D eigenvalue weighted by atomic mass is 10.1. The SMILES string of the molecule is COC(=O)c1cc(OC)c(OC)cc1NS(=O)(=O)c1c(Cl)cc(Cl)cc1Cl. The van der Waals surface area contributed by atoms with Crippen molar-refractivity contribution in [2.24, 2.45) is 0 Å². The monoisotopic (exact) mass is 453 g/mol. The van der Waals surface area contributed by atoms with Gasteiger partial charge in [-0.05, 0) is 12.1 Å². The van der Waals surface area contributed by atoms with Crippen molar-refractivity contribution in [3.63, 3.8) is 0 Å². The maximum atomic E-state index is 12.8. The third-order valence-electron chi connectivity index (χ3n) is 3.41. The van der Waals surface area contributed by atoms with E-state index in [4.69, 9.17) is 49.0 Å². The van der Waals surface area contributed by atoms with Gasteiger partial charge >= 0.3 is 5.97 Å². The van der Waals surface area contributed by atoms with Gasteiger partial charge in [0.1, 0.15) is 4.90 Å². The van der Waals surface area contributed by atoms with Crippen molar-refractivity contribution in [3.05, 3.63) is 44.9 Å². The highest BCUT2D eigenvalue weighted by molar-refractivity contribution is 7.93. The minimum absolute atomic E-state index is 0.0973. The van der Waals surface area contributed by atoms with Crippen LogP contribution in [-0.2, 0) is 14.8 Å². The maximum Gasteiger partial charge on any atom is 0.340 e. The fourth-order valence-electron chi connectivity index (χ4n) is 2.22. The van der Waals surface area contributed by atoms with Crippen molar-refractivity contribution in [2.45, 2.75) is 4.90 Å². The van der Waals surface area contributed by atoms with Crippen LogP contribution in [0.4, 0.5) is 5.69 Å². The van der Waals surface area contributed by atoms with Crippen LogP contribution >= 0.6 is 34.8 Å². The standard InChI is InChI=1S/C16H14Cl3NO6S/c1-24-13-6-9(16(21)26-3)12(7-14(13)25-2)20-27(22,23)15-10(18)4-8(17)5-11(15)19/h4-7,20H,1-3H3. The largest absolute Gasteiger partial charge is 0.493 e. The molecule has 0 saturated carbocycles. The molecule has 2 aromatic carbocycles. The number of methoxy groups -OCH3 is 3. The summed E-state index contributed by atoms with van der Waals surface area (Å²) < 4.78 is 42.9. The summed E-state index contributed by atoms with van der Waals surface area (Å²) in [6.07, 6.45) is 0. The van der Waals surface area contributed by atoms with E-state index in [1.54, 1.807) is 0 Å². The number of anilines is 1. The minimum atomic E-state index is -4.28. The number of carbonyl (C=O) groups excluding carboxylic acids is 1. The molecule has 0 aliphatic rings. The van der Waals surface area contributed by atoms with E-state index >= 15 is 0 Å². The molecule has 146 valence electrons. The normalized spacial score (nSPS) is 11.0. The first kappa shape index (κ1) is 21.4. The van der Waals surface area contributed by atoms with Crippen LogP contribution in [0.15, 0.2) is 29.2 Å². The third kappa shape index (κ3) is 4.52. The molecule has 0 aliphatic carbocycles. The van der Waals surface area contributed by atoms with Gasteiger partial charge in [0.05, 0.1) is 42.6 Å². The molecule has 2 aromatic rings. The Bertz CT molecular complexity index is 971. The first-order valence-electron chi connectivity index (χ1n) is 7.16. The summed E-state index contributed by atoms with van der Waals surface area (Å²) in [5.74, 6) is -0.387. The van der Waals surface area contributed by atoms with Crippen molar-refractivity contribution in [1.29, 1.82) is 0 Å². The smallest absolute Gasteiger partial charge is 0.340 e. The van der Waals surface area contributed by atoms with Crippen LogP contribution in [0.3, 0.4) is 0 Å². The molecule has 0 saturated heterocycles. The van der Waals surface area contributed by atoms with Gasteiger partial charge < -0.3 is 14.2 Å². The Kier molecular flexibility index (Phi) is 6.69. The van der Waals surface area contributed by atoms with Gasteiger partial charge in [0.15, 0.2) is 11.5 Å². The van der Waals surface area contributed by atoms with Crippen LogP contribution in [0.5, 0.6) is 11.5 Å². The summed E-state index contributed by atoms with van der Waals surface area (Å²) in [5, 5.41) is -0.189. The number of nitrogens with one attached hydrogen (secondary N) is 1. The third-order valence-corrected chi connectivity index (χ3v) is 5.91. The number of rotatable bonds is 6. The van der Waals surface area contributed by atoms with Crippen LogP contribution < -0.4 is 14.2 Å². The molecule has 7 nitrogen and oxygen atoms in total. The predicted octanol–water partition coefficient (Wildman–Crippen LogP) is 4.25. The van der Waals surface area contributed by atoms with Crippen molar-refractivity contribution < 1.29 is 27.4 Å². The molecule has 11 heteroatoms. The molecule has 0 amide bonds. The zero-order chi connectivity index (χ0) is 20.4. The Morgan fingerprint density at radius 2 is 1.44 bits per heavy atom. The number of hydrogen-bond acceptors (Lipinski definition) is 6. The molecule has 0 heterocycles. The first-order valence-corrected chi connectivity index (χ1v) is 9.78. The van der Waals surface area contributed by atoms with Gasteiger partial charge in [0.2, 0.25) is 0 Å². The van der Waals surface area contributed by atoms with E-state index in [0.717, 1.165) is 7.11 Å². The van der Waals surface area contributed by atoms with Gasteiger partial charge in [-0.15, -0.1) is 0 Å². The second-order valence-electron chi connectivity index (χ2n) is 5.05. The highest BCUT2D eigenvalue weighted by Gasteiger charge is 2.26. The van der Waals surface area contributed by atoms with Crippen molar-refractivity contribution in [2.75, 3.05) is 26.1 Å². The molecule has 0 atom stereocenters. The topological polar surface area (TPSA) is 90.9 Å². The molecule has 2 rings (SSSR count). The number of sulfonamides is 1. The Labute approximate surface area is 171 Å². The van der Waals surface area contributed by atoms with E-state index < -0.39 is 16.0 Å². The Hall–Kier alpha value is -1.87. The van der Waals surface area contributed by atoms with Crippen molar-refractivity contribution >= 4 is 56.5 Å². The molecule has 0 fully saturated rings. The summed E-state index contributed by atoms with van der Waals surface area (Å²) in [5.41, 5.74) is -0.207. The molecule has 0 spiro atoms. The molecular formula is C16H14Cl3NO6S. The summed E-state index contributed by atoms with van der Waals surface area (Å²) >= 11 is 17.8. The van der Waals surface area contributed by atoms with E-state index in [9.17, 15) is 13.2 Å². The number of halogens is 3. The molecular weight excluding hydrogens is 441 g/mol. The highest BCUT2D eigenvalue weighted by Crippen LogP contribution is 2.37. The molecule has 1 N–H and O–H groups in total. The van der Waals surface area contributed by atoms with E-state index in [1.165, 1.54) is 38.5 Å².